The molecule has 0 fully saturated rings. The van der Waals surface area contributed by atoms with E-state index in [2.05, 4.69) is 5.32 Å². The van der Waals surface area contributed by atoms with E-state index in [0.29, 0.717) is 11.4 Å². The Labute approximate surface area is 231 Å². The first-order valence-electron chi connectivity index (χ1n) is 12.5. The molecule has 0 heterocycles. The Kier molecular flexibility index (Phi) is 11.7. The Morgan fingerprint density at radius 3 is 2.35 bits per heavy atom. The third-order valence-corrected chi connectivity index (χ3v) is 7.89. The summed E-state index contributed by atoms with van der Waals surface area (Å²) in [6, 6.07) is 11.8. The van der Waals surface area contributed by atoms with E-state index in [1.807, 2.05) is 52.0 Å². The van der Waals surface area contributed by atoms with Gasteiger partial charge in [-0.1, -0.05) is 66.9 Å². The smallest absolute Gasteiger partial charge is 0.243 e. The number of nitrogens with one attached hydrogen (secondary N) is 1. The highest BCUT2D eigenvalue weighted by Gasteiger charge is 2.29. The van der Waals surface area contributed by atoms with Gasteiger partial charge in [-0.2, -0.15) is 0 Å². The highest BCUT2D eigenvalue weighted by Crippen LogP contribution is 2.31. The molecular formula is C27H37Cl2N3O4S. The predicted octanol–water partition coefficient (Wildman–Crippen LogP) is 5.57. The molecule has 0 aromatic heterocycles. The van der Waals surface area contributed by atoms with E-state index >= 15 is 0 Å². The van der Waals surface area contributed by atoms with Crippen LogP contribution in [-0.4, -0.2) is 50.0 Å². The number of nitrogens with zero attached hydrogens (tertiary/aromatic N) is 2. The lowest BCUT2D eigenvalue weighted by atomic mass is 10.1. The second kappa shape index (κ2) is 14.0. The summed E-state index contributed by atoms with van der Waals surface area (Å²) >= 11 is 12.3. The predicted molar refractivity (Wildman–Crippen MR) is 152 cm³/mol. The van der Waals surface area contributed by atoms with Crippen LogP contribution in [0, 0.1) is 6.92 Å². The van der Waals surface area contributed by atoms with E-state index in [9.17, 15) is 18.0 Å². The number of amides is 2. The molecule has 10 heteroatoms. The summed E-state index contributed by atoms with van der Waals surface area (Å²) in [6.45, 7) is 8.09. The lowest BCUT2D eigenvalue weighted by Gasteiger charge is -2.32. The zero-order valence-electron chi connectivity index (χ0n) is 22.1. The molecule has 7 nitrogen and oxygen atoms in total. The minimum Gasteiger partial charge on any atom is -0.352 e. The van der Waals surface area contributed by atoms with Gasteiger partial charge in [0.05, 0.1) is 17.0 Å². The van der Waals surface area contributed by atoms with Gasteiger partial charge in [-0.05, 0) is 56.9 Å². The maximum Gasteiger partial charge on any atom is 0.243 e. The van der Waals surface area contributed by atoms with E-state index in [-0.39, 0.29) is 54.5 Å². The molecule has 0 aliphatic carbocycles. The number of anilines is 1. The van der Waals surface area contributed by atoms with Crippen LogP contribution in [0.3, 0.4) is 0 Å². The molecular weight excluding hydrogens is 533 g/mol. The van der Waals surface area contributed by atoms with Gasteiger partial charge in [0.2, 0.25) is 21.8 Å². The van der Waals surface area contributed by atoms with Gasteiger partial charge in [-0.15, -0.1) is 0 Å². The summed E-state index contributed by atoms with van der Waals surface area (Å²) in [4.78, 5) is 28.2. The van der Waals surface area contributed by atoms with Crippen LogP contribution in [0.5, 0.6) is 0 Å². The fourth-order valence-electron chi connectivity index (χ4n) is 4.03. The first kappa shape index (κ1) is 30.9. The number of rotatable bonds is 13. The van der Waals surface area contributed by atoms with Crippen molar-refractivity contribution >= 4 is 50.7 Å². The monoisotopic (exact) mass is 569 g/mol. The summed E-state index contributed by atoms with van der Waals surface area (Å²) in [7, 11) is -3.68. The lowest BCUT2D eigenvalue weighted by Crippen LogP contribution is -2.50. The molecule has 0 aliphatic rings. The molecule has 2 aromatic carbocycles. The largest absolute Gasteiger partial charge is 0.352 e. The Bertz CT molecular complexity index is 1190. The van der Waals surface area contributed by atoms with Crippen molar-refractivity contribution in [2.75, 3.05) is 17.1 Å². The molecule has 204 valence electrons. The lowest BCUT2D eigenvalue weighted by molar-refractivity contribution is -0.141. The molecule has 1 N–H and O–H groups in total. The van der Waals surface area contributed by atoms with Gasteiger partial charge < -0.3 is 10.2 Å². The SMILES string of the molecule is CCC(C)NC(=O)C(CC)N(Cc1cccc(C)c1)C(=O)CCCN(c1cc(Cl)ccc1Cl)S(C)(=O)=O. The molecule has 0 spiro atoms. The Hall–Kier alpha value is -2.29. The van der Waals surface area contributed by atoms with Crippen molar-refractivity contribution in [2.45, 2.75) is 72.0 Å². The molecule has 0 saturated carbocycles. The van der Waals surface area contributed by atoms with Crippen LogP contribution in [0.2, 0.25) is 10.0 Å². The Morgan fingerprint density at radius 1 is 1.05 bits per heavy atom. The van der Waals surface area contributed by atoms with Crippen molar-refractivity contribution in [3.8, 4) is 0 Å². The summed E-state index contributed by atoms with van der Waals surface area (Å²) in [5, 5.41) is 3.59. The van der Waals surface area contributed by atoms with Gasteiger partial charge in [0.25, 0.3) is 0 Å². The molecule has 37 heavy (non-hydrogen) atoms. The highest BCUT2D eigenvalue weighted by atomic mass is 35.5. The van der Waals surface area contributed by atoms with E-state index in [1.54, 1.807) is 11.0 Å². The number of carbonyl (C=O) groups excluding carboxylic acids is 2. The molecule has 0 bridgehead atoms. The van der Waals surface area contributed by atoms with Gasteiger partial charge in [-0.25, -0.2) is 8.42 Å². The van der Waals surface area contributed by atoms with Crippen LogP contribution in [0.25, 0.3) is 0 Å². The van der Waals surface area contributed by atoms with Crippen LogP contribution in [-0.2, 0) is 26.2 Å². The standard InChI is InChI=1S/C27H37Cl2N3O4S/c1-6-20(4)30-27(34)24(7-2)31(18-21-11-8-10-19(3)16-21)26(33)12-9-15-32(37(5,35)36)25-17-22(28)13-14-23(25)29/h8,10-11,13-14,16-17,20,24H,6-7,9,12,15,18H2,1-5H3,(H,30,34). The number of hydrogen-bond donors (Lipinski definition) is 1. The number of aryl methyl sites for hydroxylation is 1. The first-order valence-corrected chi connectivity index (χ1v) is 15.1. The third kappa shape index (κ3) is 9.20. The van der Waals surface area contributed by atoms with Gasteiger partial charge in [0.1, 0.15) is 6.04 Å². The third-order valence-electron chi connectivity index (χ3n) is 6.15. The van der Waals surface area contributed by atoms with Crippen molar-refractivity contribution in [1.82, 2.24) is 10.2 Å². The van der Waals surface area contributed by atoms with Gasteiger partial charge in [-0.3, -0.25) is 13.9 Å². The van der Waals surface area contributed by atoms with E-state index in [4.69, 9.17) is 23.2 Å². The fraction of sp³-hybridized carbons (Fsp3) is 0.481. The quantitative estimate of drug-likeness (QED) is 0.341. The van der Waals surface area contributed by atoms with Gasteiger partial charge >= 0.3 is 0 Å². The molecule has 0 saturated heterocycles. The second-order valence-electron chi connectivity index (χ2n) is 9.29. The number of hydrogen-bond acceptors (Lipinski definition) is 4. The van der Waals surface area contributed by atoms with Crippen molar-refractivity contribution in [1.29, 1.82) is 0 Å². The molecule has 2 atom stereocenters. The molecule has 0 radical (unpaired) electrons. The topological polar surface area (TPSA) is 86.8 Å². The van der Waals surface area contributed by atoms with Crippen LogP contribution in [0.4, 0.5) is 5.69 Å². The van der Waals surface area contributed by atoms with Gasteiger partial charge in [0, 0.05) is 30.6 Å². The summed E-state index contributed by atoms with van der Waals surface area (Å²) < 4.78 is 26.2. The first-order chi connectivity index (χ1) is 17.4. The fourth-order valence-corrected chi connectivity index (χ4v) is 5.43. The molecule has 2 aromatic rings. The second-order valence-corrected chi connectivity index (χ2v) is 12.0. The zero-order valence-corrected chi connectivity index (χ0v) is 24.5. The van der Waals surface area contributed by atoms with Crippen LogP contribution < -0.4 is 9.62 Å². The van der Waals surface area contributed by atoms with E-state index < -0.39 is 16.1 Å². The van der Waals surface area contributed by atoms with E-state index in [0.717, 1.165) is 28.1 Å². The molecule has 2 unspecified atom stereocenters. The summed E-state index contributed by atoms with van der Waals surface area (Å²) in [5.41, 5.74) is 2.25. The minimum absolute atomic E-state index is 0.0109. The maximum absolute atomic E-state index is 13.5. The highest BCUT2D eigenvalue weighted by molar-refractivity contribution is 7.92. The van der Waals surface area contributed by atoms with Crippen LogP contribution in [0.1, 0.15) is 57.6 Å². The number of carbonyl (C=O) groups is 2. The summed E-state index contributed by atoms with van der Waals surface area (Å²) in [5.74, 6) is -0.417. The van der Waals surface area contributed by atoms with Crippen LogP contribution >= 0.6 is 23.2 Å². The summed E-state index contributed by atoms with van der Waals surface area (Å²) in [6.07, 6.45) is 2.61. The van der Waals surface area contributed by atoms with Crippen molar-refractivity contribution in [3.05, 3.63) is 63.6 Å². The zero-order chi connectivity index (χ0) is 27.8. The number of sulfonamides is 1. The average molecular weight is 571 g/mol. The Balaban J connectivity index is 2.26. The van der Waals surface area contributed by atoms with Gasteiger partial charge in [0.15, 0.2) is 0 Å². The Morgan fingerprint density at radius 2 is 1.76 bits per heavy atom. The minimum atomic E-state index is -3.68. The maximum atomic E-state index is 13.5. The van der Waals surface area contributed by atoms with Crippen molar-refractivity contribution in [2.24, 2.45) is 0 Å². The number of halogens is 2. The normalized spacial score (nSPS) is 13.1. The molecule has 2 rings (SSSR count). The van der Waals surface area contributed by atoms with E-state index in [1.165, 1.54) is 12.1 Å². The molecule has 2 amide bonds. The molecule has 0 aliphatic heterocycles. The van der Waals surface area contributed by atoms with Crippen molar-refractivity contribution < 1.29 is 18.0 Å². The average Bonchev–Trinajstić information content (AvgIpc) is 2.82. The van der Waals surface area contributed by atoms with Crippen molar-refractivity contribution in [3.63, 3.8) is 0 Å². The number of benzene rings is 2. The van der Waals surface area contributed by atoms with Crippen LogP contribution in [0.15, 0.2) is 42.5 Å².